The molecule has 3 N–H and O–H groups in total. The molecule has 1 aliphatic heterocycles. The number of anilines is 1. The Bertz CT molecular complexity index is 470. The van der Waals surface area contributed by atoms with Crippen molar-refractivity contribution in [2.45, 2.75) is 31.9 Å². The number of rotatable bonds is 5. The average Bonchev–Trinajstić information content (AvgIpc) is 2.39. The van der Waals surface area contributed by atoms with Gasteiger partial charge in [0.05, 0.1) is 11.7 Å². The van der Waals surface area contributed by atoms with E-state index < -0.39 is 5.97 Å². The van der Waals surface area contributed by atoms with Crippen molar-refractivity contribution in [2.24, 2.45) is 0 Å². The number of hydrogen-bond acceptors (Lipinski definition) is 4. The maximum Gasteiger partial charge on any atom is 0.338 e. The quantitative estimate of drug-likeness (QED) is 0.805. The largest absolute Gasteiger partial charge is 0.478 e. The lowest BCUT2D eigenvalue weighted by atomic mass is 10.0. The Hall–Kier alpha value is -1.59. The van der Waals surface area contributed by atoms with Crippen molar-refractivity contribution in [3.8, 4) is 0 Å². The number of hydrogen-bond donors (Lipinski definition) is 2. The van der Waals surface area contributed by atoms with Gasteiger partial charge in [-0.1, -0.05) is 12.1 Å². The summed E-state index contributed by atoms with van der Waals surface area (Å²) < 4.78 is 5.71. The Balaban J connectivity index is 2.01. The van der Waals surface area contributed by atoms with Crippen LogP contribution in [0, 0.1) is 0 Å². The monoisotopic (exact) mass is 278 g/mol. The third-order valence-corrected chi connectivity index (χ3v) is 3.63. The average molecular weight is 278 g/mol. The van der Waals surface area contributed by atoms with Crippen molar-refractivity contribution in [3.05, 3.63) is 29.3 Å². The first-order valence-electron chi connectivity index (χ1n) is 6.98. The van der Waals surface area contributed by atoms with Gasteiger partial charge in [0.15, 0.2) is 0 Å². The molecule has 0 saturated carbocycles. The lowest BCUT2D eigenvalue weighted by molar-refractivity contribution is -0.00261. The van der Waals surface area contributed by atoms with Gasteiger partial charge in [-0.25, -0.2) is 4.79 Å². The molecule has 0 aromatic heterocycles. The number of carboxylic acids is 1. The van der Waals surface area contributed by atoms with Crippen molar-refractivity contribution < 1.29 is 14.6 Å². The van der Waals surface area contributed by atoms with E-state index in [1.54, 1.807) is 12.1 Å². The predicted octanol–water partition coefficient (Wildman–Crippen LogP) is 1.97. The molecule has 0 bridgehead atoms. The highest BCUT2D eigenvalue weighted by molar-refractivity contribution is 5.95. The van der Waals surface area contributed by atoms with Crippen LogP contribution in [-0.2, 0) is 11.3 Å². The first-order chi connectivity index (χ1) is 9.58. The zero-order chi connectivity index (χ0) is 14.5. The molecule has 20 heavy (non-hydrogen) atoms. The molecule has 2 rings (SSSR count). The smallest absolute Gasteiger partial charge is 0.338 e. The Kier molecular flexibility index (Phi) is 4.98. The van der Waals surface area contributed by atoms with Crippen LogP contribution in [0.2, 0.25) is 0 Å². The molecule has 1 heterocycles. The van der Waals surface area contributed by atoms with Gasteiger partial charge in [-0.3, -0.25) is 4.90 Å². The number of nitrogens with two attached hydrogens (primary N) is 1. The first kappa shape index (κ1) is 14.8. The summed E-state index contributed by atoms with van der Waals surface area (Å²) in [5, 5.41) is 9.26. The van der Waals surface area contributed by atoms with Gasteiger partial charge in [0, 0.05) is 25.4 Å². The minimum absolute atomic E-state index is 0.212. The second-order valence-electron chi connectivity index (χ2n) is 5.37. The fourth-order valence-corrected chi connectivity index (χ4v) is 2.67. The van der Waals surface area contributed by atoms with E-state index in [0.29, 0.717) is 12.2 Å². The summed E-state index contributed by atoms with van der Waals surface area (Å²) >= 11 is 0. The van der Waals surface area contributed by atoms with Gasteiger partial charge < -0.3 is 15.6 Å². The van der Waals surface area contributed by atoms with Crippen LogP contribution < -0.4 is 5.73 Å². The number of nitrogen functional groups attached to an aromatic ring is 1. The molecular formula is C15H22N2O3. The topological polar surface area (TPSA) is 75.8 Å². The molecule has 1 unspecified atom stereocenters. The van der Waals surface area contributed by atoms with Gasteiger partial charge in [-0.15, -0.1) is 0 Å². The molecule has 110 valence electrons. The zero-order valence-corrected chi connectivity index (χ0v) is 11.8. The molecule has 1 aromatic carbocycles. The van der Waals surface area contributed by atoms with Crippen LogP contribution in [0.1, 0.15) is 35.2 Å². The lowest BCUT2D eigenvalue weighted by Crippen LogP contribution is -2.33. The number of ether oxygens (including phenoxy) is 1. The molecular weight excluding hydrogens is 256 g/mol. The molecule has 1 aromatic rings. The summed E-state index contributed by atoms with van der Waals surface area (Å²) in [7, 11) is 1.98. The Morgan fingerprint density at radius 1 is 1.50 bits per heavy atom. The van der Waals surface area contributed by atoms with Crippen molar-refractivity contribution in [1.82, 2.24) is 4.90 Å². The molecule has 0 spiro atoms. The molecule has 0 aliphatic carbocycles. The number of carboxylic acid groups (broad SMARTS) is 1. The third-order valence-electron chi connectivity index (χ3n) is 3.63. The summed E-state index contributed by atoms with van der Waals surface area (Å²) in [5.74, 6) is -0.972. The van der Waals surface area contributed by atoms with Crippen molar-refractivity contribution >= 4 is 11.7 Å². The zero-order valence-electron chi connectivity index (χ0n) is 11.8. The lowest BCUT2D eigenvalue weighted by Gasteiger charge is -2.27. The second-order valence-corrected chi connectivity index (χ2v) is 5.37. The van der Waals surface area contributed by atoms with Crippen LogP contribution in [0.15, 0.2) is 18.2 Å². The highest BCUT2D eigenvalue weighted by Gasteiger charge is 2.18. The van der Waals surface area contributed by atoms with Crippen LogP contribution in [0.4, 0.5) is 5.69 Å². The Morgan fingerprint density at radius 2 is 2.30 bits per heavy atom. The first-order valence-corrected chi connectivity index (χ1v) is 6.98. The SMILES string of the molecule is CN(Cc1cccc(N)c1C(=O)O)CC1CCCCO1. The highest BCUT2D eigenvalue weighted by Crippen LogP contribution is 2.20. The standard InChI is InChI=1S/C15H22N2O3/c1-17(10-12-6-2-3-8-20-12)9-11-5-4-7-13(16)14(11)15(18)19/h4-5,7,12H,2-3,6,8-10,16H2,1H3,(H,18,19). The predicted molar refractivity (Wildman–Crippen MR) is 77.7 cm³/mol. The van der Waals surface area contributed by atoms with Gasteiger partial charge in [-0.05, 0) is 37.9 Å². The number of likely N-dealkylation sites (N-methyl/N-ethyl adjacent to an activating group) is 1. The van der Waals surface area contributed by atoms with E-state index in [1.807, 2.05) is 13.1 Å². The summed E-state index contributed by atoms with van der Waals surface area (Å²) in [6.07, 6.45) is 3.67. The molecule has 0 amide bonds. The van der Waals surface area contributed by atoms with Gasteiger partial charge in [0.1, 0.15) is 0 Å². The van der Waals surface area contributed by atoms with Gasteiger partial charge in [-0.2, -0.15) is 0 Å². The molecule has 1 aliphatic rings. The summed E-state index contributed by atoms with van der Waals surface area (Å²) in [4.78, 5) is 13.4. The Labute approximate surface area is 119 Å². The minimum Gasteiger partial charge on any atom is -0.478 e. The van der Waals surface area contributed by atoms with E-state index in [9.17, 15) is 9.90 Å². The van der Waals surface area contributed by atoms with Gasteiger partial charge in [0.2, 0.25) is 0 Å². The normalized spacial score (nSPS) is 19.2. The summed E-state index contributed by atoms with van der Waals surface area (Å²) in [6.45, 7) is 2.21. The van der Waals surface area contributed by atoms with Crippen molar-refractivity contribution in [3.63, 3.8) is 0 Å². The van der Waals surface area contributed by atoms with E-state index in [2.05, 4.69) is 4.90 Å². The van der Waals surface area contributed by atoms with Gasteiger partial charge >= 0.3 is 5.97 Å². The number of carbonyl (C=O) groups is 1. The van der Waals surface area contributed by atoms with Crippen molar-refractivity contribution in [1.29, 1.82) is 0 Å². The maximum atomic E-state index is 11.3. The van der Waals surface area contributed by atoms with Crippen LogP contribution in [0.5, 0.6) is 0 Å². The molecule has 5 heteroatoms. The third kappa shape index (κ3) is 3.71. The van der Waals surface area contributed by atoms with Crippen LogP contribution in [0.3, 0.4) is 0 Å². The van der Waals surface area contributed by atoms with E-state index in [1.165, 1.54) is 6.42 Å². The van der Waals surface area contributed by atoms with Crippen LogP contribution in [-0.4, -0.2) is 42.3 Å². The maximum absolute atomic E-state index is 11.3. The Morgan fingerprint density at radius 3 is 2.95 bits per heavy atom. The summed E-state index contributed by atoms with van der Waals surface area (Å²) in [5.41, 5.74) is 7.03. The van der Waals surface area contributed by atoms with E-state index >= 15 is 0 Å². The fraction of sp³-hybridized carbons (Fsp3) is 0.533. The minimum atomic E-state index is -0.972. The molecule has 1 fully saturated rings. The highest BCUT2D eigenvalue weighted by atomic mass is 16.5. The fourth-order valence-electron chi connectivity index (χ4n) is 2.67. The molecule has 1 saturated heterocycles. The van der Waals surface area contributed by atoms with Gasteiger partial charge in [0.25, 0.3) is 0 Å². The number of benzene rings is 1. The van der Waals surface area contributed by atoms with E-state index in [0.717, 1.165) is 31.6 Å². The molecule has 5 nitrogen and oxygen atoms in total. The second kappa shape index (κ2) is 6.72. The number of nitrogens with zero attached hydrogens (tertiary/aromatic N) is 1. The van der Waals surface area contributed by atoms with E-state index in [4.69, 9.17) is 10.5 Å². The van der Waals surface area contributed by atoms with Crippen LogP contribution >= 0.6 is 0 Å². The molecule has 1 atom stereocenters. The van der Waals surface area contributed by atoms with Crippen molar-refractivity contribution in [2.75, 3.05) is 25.9 Å². The van der Waals surface area contributed by atoms with Crippen LogP contribution in [0.25, 0.3) is 0 Å². The number of aromatic carboxylic acids is 1. The summed E-state index contributed by atoms with van der Waals surface area (Å²) in [6, 6.07) is 5.23. The molecule has 0 radical (unpaired) electrons. The van der Waals surface area contributed by atoms with E-state index in [-0.39, 0.29) is 11.7 Å².